The van der Waals surface area contributed by atoms with Gasteiger partial charge < -0.3 is 4.90 Å². The molecule has 0 spiro atoms. The number of hydrogen-bond donors (Lipinski definition) is 0. The standard InChI is InChI=1S/C21H21N3O2/c1-4-23(17-11-7-5-8-12-17)21(26)20(25)19-15(2)22-24(16(19)3)18-13-9-6-10-14-18/h5-14H,4H2,1-3H3. The van der Waals surface area contributed by atoms with Gasteiger partial charge >= 0.3 is 0 Å². The van der Waals surface area contributed by atoms with Crippen LogP contribution in [-0.2, 0) is 4.79 Å². The lowest BCUT2D eigenvalue weighted by molar-refractivity contribution is -0.114. The lowest BCUT2D eigenvalue weighted by atomic mass is 10.1. The summed E-state index contributed by atoms with van der Waals surface area (Å²) in [5.74, 6) is -1.08. The minimum Gasteiger partial charge on any atom is -0.306 e. The zero-order valence-corrected chi connectivity index (χ0v) is 15.1. The monoisotopic (exact) mass is 347 g/mol. The highest BCUT2D eigenvalue weighted by molar-refractivity contribution is 6.47. The molecular formula is C21H21N3O2. The normalized spacial score (nSPS) is 10.6. The molecule has 1 amide bonds. The van der Waals surface area contributed by atoms with Crippen LogP contribution in [0.2, 0.25) is 0 Å². The van der Waals surface area contributed by atoms with Gasteiger partial charge in [0.2, 0.25) is 0 Å². The minimum atomic E-state index is -0.544. The highest BCUT2D eigenvalue weighted by Crippen LogP contribution is 2.21. The number of Topliss-reactive ketones (excluding diaryl/α,β-unsaturated/α-hetero) is 1. The average molecular weight is 347 g/mol. The number of benzene rings is 2. The van der Waals surface area contributed by atoms with E-state index in [0.29, 0.717) is 29.2 Å². The first-order chi connectivity index (χ1) is 12.5. The molecule has 0 aliphatic rings. The van der Waals surface area contributed by atoms with E-state index in [1.54, 1.807) is 11.6 Å². The third-order valence-electron chi connectivity index (χ3n) is 4.34. The van der Waals surface area contributed by atoms with Crippen LogP contribution in [0.1, 0.15) is 28.7 Å². The van der Waals surface area contributed by atoms with E-state index in [0.717, 1.165) is 5.69 Å². The number of aromatic nitrogens is 2. The van der Waals surface area contributed by atoms with E-state index in [9.17, 15) is 9.59 Å². The van der Waals surface area contributed by atoms with E-state index in [2.05, 4.69) is 5.10 Å². The fraction of sp³-hybridized carbons (Fsp3) is 0.190. The van der Waals surface area contributed by atoms with Gasteiger partial charge in [0.05, 0.1) is 22.6 Å². The van der Waals surface area contributed by atoms with E-state index >= 15 is 0 Å². The molecule has 3 rings (SSSR count). The molecule has 0 radical (unpaired) electrons. The predicted octanol–water partition coefficient (Wildman–Crippen LogP) is 3.72. The summed E-state index contributed by atoms with van der Waals surface area (Å²) in [6.07, 6.45) is 0. The molecule has 0 fully saturated rings. The predicted molar refractivity (Wildman–Crippen MR) is 102 cm³/mol. The summed E-state index contributed by atoms with van der Waals surface area (Å²) >= 11 is 0. The SMILES string of the molecule is CCN(C(=O)C(=O)c1c(C)nn(-c2ccccc2)c1C)c1ccccc1. The molecule has 1 heterocycles. The fourth-order valence-electron chi connectivity index (χ4n) is 3.07. The molecule has 2 aromatic carbocycles. The summed E-state index contributed by atoms with van der Waals surface area (Å²) < 4.78 is 1.70. The lowest BCUT2D eigenvalue weighted by Gasteiger charge is -2.20. The van der Waals surface area contributed by atoms with Crippen molar-refractivity contribution in [3.05, 3.63) is 77.6 Å². The number of nitrogens with zero attached hydrogens (tertiary/aromatic N) is 3. The van der Waals surface area contributed by atoms with Crippen molar-refractivity contribution in [2.75, 3.05) is 11.4 Å². The molecule has 0 aliphatic carbocycles. The van der Waals surface area contributed by atoms with E-state index < -0.39 is 11.7 Å². The van der Waals surface area contributed by atoms with Gasteiger partial charge in [-0.3, -0.25) is 9.59 Å². The first kappa shape index (κ1) is 17.6. The molecule has 0 atom stereocenters. The highest BCUT2D eigenvalue weighted by atomic mass is 16.2. The Kier molecular flexibility index (Phi) is 4.98. The van der Waals surface area contributed by atoms with E-state index in [4.69, 9.17) is 0 Å². The second kappa shape index (κ2) is 7.35. The number of amides is 1. The quantitative estimate of drug-likeness (QED) is 0.522. The molecule has 0 unspecified atom stereocenters. The van der Waals surface area contributed by atoms with E-state index in [1.165, 1.54) is 4.90 Å². The Morgan fingerprint density at radius 3 is 2.12 bits per heavy atom. The number of rotatable bonds is 5. The summed E-state index contributed by atoms with van der Waals surface area (Å²) in [7, 11) is 0. The van der Waals surface area contributed by atoms with Crippen LogP contribution in [0.5, 0.6) is 0 Å². The molecule has 132 valence electrons. The maximum atomic E-state index is 13.0. The van der Waals surface area contributed by atoms with Crippen LogP contribution < -0.4 is 4.90 Å². The molecule has 0 bridgehead atoms. The van der Waals surface area contributed by atoms with E-state index in [1.807, 2.05) is 74.5 Å². The Morgan fingerprint density at radius 2 is 1.54 bits per heavy atom. The van der Waals surface area contributed by atoms with Crippen LogP contribution >= 0.6 is 0 Å². The smallest absolute Gasteiger partial charge is 0.299 e. The van der Waals surface area contributed by atoms with Crippen LogP contribution in [-0.4, -0.2) is 28.0 Å². The minimum absolute atomic E-state index is 0.369. The summed E-state index contributed by atoms with van der Waals surface area (Å²) in [6, 6.07) is 18.8. The Hall–Kier alpha value is -3.21. The molecule has 0 saturated heterocycles. The summed E-state index contributed by atoms with van der Waals surface area (Å²) in [6.45, 7) is 5.84. The van der Waals surface area contributed by atoms with Gasteiger partial charge in [-0.1, -0.05) is 36.4 Å². The zero-order chi connectivity index (χ0) is 18.7. The molecular weight excluding hydrogens is 326 g/mol. The molecule has 0 aliphatic heterocycles. The number of likely N-dealkylation sites (N-methyl/N-ethyl adjacent to an activating group) is 1. The van der Waals surface area contributed by atoms with Gasteiger partial charge in [-0.15, -0.1) is 0 Å². The van der Waals surface area contributed by atoms with Gasteiger partial charge in [0.1, 0.15) is 0 Å². The van der Waals surface area contributed by atoms with E-state index in [-0.39, 0.29) is 0 Å². The molecule has 5 heteroatoms. The van der Waals surface area contributed by atoms with Gasteiger partial charge in [-0.05, 0) is 45.0 Å². The Balaban J connectivity index is 1.97. The second-order valence-electron chi connectivity index (χ2n) is 6.01. The summed E-state index contributed by atoms with van der Waals surface area (Å²) in [5, 5.41) is 4.47. The van der Waals surface area contributed by atoms with Crippen LogP contribution in [0, 0.1) is 13.8 Å². The van der Waals surface area contributed by atoms with Crippen LogP contribution in [0.15, 0.2) is 60.7 Å². The number of carbonyl (C=O) groups excluding carboxylic acids is 2. The largest absolute Gasteiger partial charge is 0.306 e. The zero-order valence-electron chi connectivity index (χ0n) is 15.1. The fourth-order valence-corrected chi connectivity index (χ4v) is 3.07. The van der Waals surface area contributed by atoms with Crippen molar-refractivity contribution in [2.24, 2.45) is 0 Å². The summed E-state index contributed by atoms with van der Waals surface area (Å²) in [5.41, 5.74) is 3.15. The molecule has 1 aromatic heterocycles. The third kappa shape index (κ3) is 3.16. The van der Waals surface area contributed by atoms with Crippen molar-refractivity contribution in [1.29, 1.82) is 0 Å². The van der Waals surface area contributed by atoms with Gasteiger partial charge in [0.15, 0.2) is 0 Å². The highest BCUT2D eigenvalue weighted by Gasteiger charge is 2.29. The second-order valence-corrected chi connectivity index (χ2v) is 6.01. The topological polar surface area (TPSA) is 55.2 Å². The van der Waals surface area contributed by atoms with Gasteiger partial charge in [-0.25, -0.2) is 4.68 Å². The lowest BCUT2D eigenvalue weighted by Crippen LogP contribution is -2.37. The van der Waals surface area contributed by atoms with Crippen molar-refractivity contribution < 1.29 is 9.59 Å². The first-order valence-corrected chi connectivity index (χ1v) is 8.57. The van der Waals surface area contributed by atoms with Crippen molar-refractivity contribution >= 4 is 17.4 Å². The molecule has 26 heavy (non-hydrogen) atoms. The average Bonchev–Trinajstić information content (AvgIpc) is 2.97. The Morgan fingerprint density at radius 1 is 0.962 bits per heavy atom. The Bertz CT molecular complexity index is 931. The number of carbonyl (C=O) groups is 2. The number of para-hydroxylation sites is 2. The molecule has 0 saturated carbocycles. The van der Waals surface area contributed by atoms with Gasteiger partial charge in [-0.2, -0.15) is 5.10 Å². The molecule has 3 aromatic rings. The maximum Gasteiger partial charge on any atom is 0.299 e. The summed E-state index contributed by atoms with van der Waals surface area (Å²) in [4.78, 5) is 27.3. The van der Waals surface area contributed by atoms with Crippen molar-refractivity contribution in [1.82, 2.24) is 9.78 Å². The third-order valence-corrected chi connectivity index (χ3v) is 4.34. The Labute approximate surface area is 152 Å². The first-order valence-electron chi connectivity index (χ1n) is 8.57. The van der Waals surface area contributed by atoms with Crippen molar-refractivity contribution in [2.45, 2.75) is 20.8 Å². The number of anilines is 1. The number of ketones is 1. The van der Waals surface area contributed by atoms with Crippen LogP contribution in [0.3, 0.4) is 0 Å². The van der Waals surface area contributed by atoms with Crippen molar-refractivity contribution in [3.8, 4) is 5.69 Å². The number of aryl methyl sites for hydroxylation is 1. The van der Waals surface area contributed by atoms with Gasteiger partial charge in [0.25, 0.3) is 11.7 Å². The maximum absolute atomic E-state index is 13.0. The van der Waals surface area contributed by atoms with Gasteiger partial charge in [0, 0.05) is 12.2 Å². The van der Waals surface area contributed by atoms with Crippen LogP contribution in [0.4, 0.5) is 5.69 Å². The van der Waals surface area contributed by atoms with Crippen LogP contribution in [0.25, 0.3) is 5.69 Å². The molecule has 5 nitrogen and oxygen atoms in total. The number of hydrogen-bond acceptors (Lipinski definition) is 3. The molecule has 0 N–H and O–H groups in total. The van der Waals surface area contributed by atoms with Crippen molar-refractivity contribution in [3.63, 3.8) is 0 Å².